The third kappa shape index (κ3) is 3.07. The molecule has 1 N–H and O–H groups in total. The topological polar surface area (TPSA) is 19.0 Å². The molecule has 1 unspecified atom stereocenters. The average molecular weight is 254 g/mol. The Bertz CT molecular complexity index is 475. The SMILES string of the molecule is c1ccc(C2CCCCCN2Cc2ccc[nH]2)cc1. The quantitative estimate of drug-likeness (QED) is 0.872. The van der Waals surface area contributed by atoms with Crippen molar-refractivity contribution in [2.45, 2.75) is 38.3 Å². The number of likely N-dealkylation sites (tertiary alicyclic amines) is 1. The Labute approximate surface area is 115 Å². The van der Waals surface area contributed by atoms with Crippen LogP contribution in [0.1, 0.15) is 43.0 Å². The van der Waals surface area contributed by atoms with Crippen molar-refractivity contribution in [2.24, 2.45) is 0 Å². The zero-order valence-electron chi connectivity index (χ0n) is 11.4. The maximum absolute atomic E-state index is 3.34. The van der Waals surface area contributed by atoms with Crippen molar-refractivity contribution >= 4 is 0 Å². The number of aromatic amines is 1. The van der Waals surface area contributed by atoms with Crippen molar-refractivity contribution < 1.29 is 0 Å². The number of hydrogen-bond donors (Lipinski definition) is 1. The Balaban J connectivity index is 1.81. The molecule has 0 bridgehead atoms. The van der Waals surface area contributed by atoms with Crippen molar-refractivity contribution in [1.82, 2.24) is 9.88 Å². The lowest BCUT2D eigenvalue weighted by atomic mass is 10.0. The van der Waals surface area contributed by atoms with Gasteiger partial charge in [0.25, 0.3) is 0 Å². The van der Waals surface area contributed by atoms with Gasteiger partial charge in [-0.05, 0) is 37.1 Å². The molecule has 2 aromatic rings. The number of benzene rings is 1. The molecule has 1 aliphatic heterocycles. The molecule has 1 aliphatic rings. The van der Waals surface area contributed by atoms with Gasteiger partial charge in [0.2, 0.25) is 0 Å². The molecule has 1 aromatic carbocycles. The number of rotatable bonds is 3. The Morgan fingerprint density at radius 3 is 2.68 bits per heavy atom. The second kappa shape index (κ2) is 6.07. The number of aromatic nitrogens is 1. The fourth-order valence-corrected chi connectivity index (χ4v) is 3.09. The van der Waals surface area contributed by atoms with Gasteiger partial charge in [0.15, 0.2) is 0 Å². The summed E-state index contributed by atoms with van der Waals surface area (Å²) in [6.45, 7) is 2.24. The predicted molar refractivity (Wildman–Crippen MR) is 78.9 cm³/mol. The van der Waals surface area contributed by atoms with Crippen molar-refractivity contribution in [3.8, 4) is 0 Å². The molecule has 1 saturated heterocycles. The highest BCUT2D eigenvalue weighted by Crippen LogP contribution is 2.30. The van der Waals surface area contributed by atoms with Gasteiger partial charge in [0.1, 0.15) is 0 Å². The monoisotopic (exact) mass is 254 g/mol. The largest absolute Gasteiger partial charge is 0.364 e. The molecule has 0 spiro atoms. The first kappa shape index (κ1) is 12.5. The van der Waals surface area contributed by atoms with Crippen LogP contribution in [-0.4, -0.2) is 16.4 Å². The molecule has 0 amide bonds. The van der Waals surface area contributed by atoms with Crippen LogP contribution in [0.4, 0.5) is 0 Å². The Kier molecular flexibility index (Phi) is 3.99. The zero-order valence-corrected chi connectivity index (χ0v) is 11.4. The van der Waals surface area contributed by atoms with Crippen LogP contribution < -0.4 is 0 Å². The van der Waals surface area contributed by atoms with E-state index in [0.29, 0.717) is 6.04 Å². The zero-order chi connectivity index (χ0) is 12.9. The summed E-state index contributed by atoms with van der Waals surface area (Å²) < 4.78 is 0. The summed E-state index contributed by atoms with van der Waals surface area (Å²) in [4.78, 5) is 5.97. The van der Waals surface area contributed by atoms with Gasteiger partial charge in [-0.1, -0.05) is 43.2 Å². The van der Waals surface area contributed by atoms with Gasteiger partial charge in [-0.25, -0.2) is 0 Å². The highest BCUT2D eigenvalue weighted by molar-refractivity contribution is 5.19. The van der Waals surface area contributed by atoms with Gasteiger partial charge in [0.05, 0.1) is 0 Å². The highest BCUT2D eigenvalue weighted by atomic mass is 15.2. The summed E-state index contributed by atoms with van der Waals surface area (Å²) in [6, 6.07) is 15.8. The lowest BCUT2D eigenvalue weighted by molar-refractivity contribution is 0.190. The summed E-state index contributed by atoms with van der Waals surface area (Å²) in [7, 11) is 0. The van der Waals surface area contributed by atoms with Crippen molar-refractivity contribution in [2.75, 3.05) is 6.54 Å². The van der Waals surface area contributed by atoms with E-state index in [1.54, 1.807) is 0 Å². The van der Waals surface area contributed by atoms with E-state index in [1.165, 1.54) is 43.5 Å². The van der Waals surface area contributed by atoms with Gasteiger partial charge in [-0.3, -0.25) is 4.90 Å². The van der Waals surface area contributed by atoms with Crippen molar-refractivity contribution in [3.63, 3.8) is 0 Å². The van der Waals surface area contributed by atoms with E-state index < -0.39 is 0 Å². The second-order valence-electron chi connectivity index (χ2n) is 5.44. The lowest BCUT2D eigenvalue weighted by Gasteiger charge is -2.30. The van der Waals surface area contributed by atoms with E-state index in [4.69, 9.17) is 0 Å². The molecule has 19 heavy (non-hydrogen) atoms. The Morgan fingerprint density at radius 2 is 1.89 bits per heavy atom. The van der Waals surface area contributed by atoms with Gasteiger partial charge < -0.3 is 4.98 Å². The molecule has 2 heterocycles. The summed E-state index contributed by atoms with van der Waals surface area (Å²) in [5.74, 6) is 0. The van der Waals surface area contributed by atoms with Gasteiger partial charge in [0, 0.05) is 24.5 Å². The highest BCUT2D eigenvalue weighted by Gasteiger charge is 2.22. The predicted octanol–water partition coefficient (Wildman–Crippen LogP) is 4.13. The van der Waals surface area contributed by atoms with Gasteiger partial charge >= 0.3 is 0 Å². The lowest BCUT2D eigenvalue weighted by Crippen LogP contribution is -2.28. The minimum absolute atomic E-state index is 0.576. The van der Waals surface area contributed by atoms with Crippen molar-refractivity contribution in [3.05, 3.63) is 59.9 Å². The molecule has 1 atom stereocenters. The van der Waals surface area contributed by atoms with E-state index in [1.807, 2.05) is 6.20 Å². The molecule has 2 heteroatoms. The first-order chi connectivity index (χ1) is 9.43. The number of nitrogens with zero attached hydrogens (tertiary/aromatic N) is 1. The van der Waals surface area contributed by atoms with E-state index >= 15 is 0 Å². The minimum atomic E-state index is 0.576. The van der Waals surface area contributed by atoms with Crippen LogP contribution in [0.15, 0.2) is 48.7 Å². The second-order valence-corrected chi connectivity index (χ2v) is 5.44. The maximum atomic E-state index is 3.34. The molecule has 3 rings (SSSR count). The Morgan fingerprint density at radius 1 is 1.00 bits per heavy atom. The number of H-pyrrole nitrogens is 1. The van der Waals surface area contributed by atoms with Crippen LogP contribution in [0.25, 0.3) is 0 Å². The van der Waals surface area contributed by atoms with Crippen LogP contribution in [0.3, 0.4) is 0 Å². The smallest absolute Gasteiger partial charge is 0.0391 e. The van der Waals surface area contributed by atoms with Crippen molar-refractivity contribution in [1.29, 1.82) is 0 Å². The van der Waals surface area contributed by atoms with Crippen LogP contribution in [0.5, 0.6) is 0 Å². The van der Waals surface area contributed by atoms with Crippen LogP contribution in [-0.2, 0) is 6.54 Å². The molecule has 0 aliphatic carbocycles. The van der Waals surface area contributed by atoms with Crippen LogP contribution >= 0.6 is 0 Å². The summed E-state index contributed by atoms with van der Waals surface area (Å²) in [5, 5.41) is 0. The van der Waals surface area contributed by atoms with E-state index in [-0.39, 0.29) is 0 Å². The molecular weight excluding hydrogens is 232 g/mol. The van der Waals surface area contributed by atoms with Crippen LogP contribution in [0, 0.1) is 0 Å². The van der Waals surface area contributed by atoms with E-state index in [9.17, 15) is 0 Å². The molecule has 100 valence electrons. The average Bonchev–Trinajstić information content (AvgIpc) is 2.85. The molecule has 1 fully saturated rings. The van der Waals surface area contributed by atoms with E-state index in [0.717, 1.165) is 6.54 Å². The standard InChI is InChI=1S/C17H22N2/c1-3-8-15(9-4-1)17-11-5-2-6-13-19(17)14-16-10-7-12-18-16/h1,3-4,7-10,12,17-18H,2,5-6,11,13-14H2. The first-order valence-electron chi connectivity index (χ1n) is 7.35. The normalized spacial score (nSPS) is 21.2. The molecule has 0 saturated carbocycles. The molecule has 1 aromatic heterocycles. The third-order valence-corrected chi connectivity index (χ3v) is 4.08. The molecular formula is C17H22N2. The minimum Gasteiger partial charge on any atom is -0.364 e. The van der Waals surface area contributed by atoms with Gasteiger partial charge in [-0.15, -0.1) is 0 Å². The summed E-state index contributed by atoms with van der Waals surface area (Å²) in [6.07, 6.45) is 7.34. The number of hydrogen-bond acceptors (Lipinski definition) is 1. The molecule has 0 radical (unpaired) electrons. The maximum Gasteiger partial charge on any atom is 0.0391 e. The van der Waals surface area contributed by atoms with E-state index in [2.05, 4.69) is 52.3 Å². The molecule has 2 nitrogen and oxygen atoms in total. The first-order valence-corrected chi connectivity index (χ1v) is 7.35. The van der Waals surface area contributed by atoms with Crippen LogP contribution in [0.2, 0.25) is 0 Å². The summed E-state index contributed by atoms with van der Waals surface area (Å²) in [5.41, 5.74) is 2.79. The fraction of sp³-hybridized carbons (Fsp3) is 0.412. The fourth-order valence-electron chi connectivity index (χ4n) is 3.09. The number of nitrogens with one attached hydrogen (secondary N) is 1. The third-order valence-electron chi connectivity index (χ3n) is 4.08. The summed E-state index contributed by atoms with van der Waals surface area (Å²) >= 11 is 0. The Hall–Kier alpha value is -1.54. The van der Waals surface area contributed by atoms with Gasteiger partial charge in [-0.2, -0.15) is 0 Å².